The van der Waals surface area contributed by atoms with E-state index in [1.54, 1.807) is 31.6 Å². The van der Waals surface area contributed by atoms with Crippen LogP contribution in [0.1, 0.15) is 25.5 Å². The highest BCUT2D eigenvalue weighted by Crippen LogP contribution is 2.19. The van der Waals surface area contributed by atoms with Gasteiger partial charge in [-0.2, -0.15) is 0 Å². The van der Waals surface area contributed by atoms with Crippen molar-refractivity contribution in [3.63, 3.8) is 0 Å². The second-order valence-electron chi connectivity index (χ2n) is 6.00. The molecule has 7 nitrogen and oxygen atoms in total. The number of hydrogen-bond acceptors (Lipinski definition) is 5. The van der Waals surface area contributed by atoms with E-state index in [2.05, 4.69) is 20.6 Å². The number of guanidine groups is 1. The third-order valence-electron chi connectivity index (χ3n) is 3.79. The van der Waals surface area contributed by atoms with Gasteiger partial charge >= 0.3 is 0 Å². The largest absolute Gasteiger partial charge is 0.497 e. The Kier molecular flexibility index (Phi) is 8.38. The van der Waals surface area contributed by atoms with Crippen molar-refractivity contribution in [2.24, 2.45) is 4.99 Å². The van der Waals surface area contributed by atoms with Crippen LogP contribution in [-0.2, 0) is 0 Å². The molecule has 0 aliphatic carbocycles. The highest BCUT2D eigenvalue weighted by Gasteiger charge is 2.09. The average molecular weight is 372 g/mol. The van der Waals surface area contributed by atoms with Crippen LogP contribution < -0.4 is 20.1 Å². The van der Waals surface area contributed by atoms with E-state index < -0.39 is 6.10 Å². The Morgan fingerprint density at radius 3 is 2.63 bits per heavy atom. The van der Waals surface area contributed by atoms with Gasteiger partial charge in [-0.25, -0.2) is 0 Å². The summed E-state index contributed by atoms with van der Waals surface area (Å²) in [7, 11) is 1.63. The van der Waals surface area contributed by atoms with Gasteiger partial charge in [-0.1, -0.05) is 6.07 Å². The summed E-state index contributed by atoms with van der Waals surface area (Å²) in [6.07, 6.45) is 2.56. The number of aliphatic imine (C=N–C) groups is 1. The van der Waals surface area contributed by atoms with E-state index in [0.717, 1.165) is 23.6 Å². The first kappa shape index (κ1) is 20.5. The number of nitrogens with zero attached hydrogens (tertiary/aromatic N) is 2. The van der Waals surface area contributed by atoms with Crippen LogP contribution in [0.5, 0.6) is 11.5 Å². The maximum absolute atomic E-state index is 10.2. The molecule has 2 atom stereocenters. The predicted octanol–water partition coefficient (Wildman–Crippen LogP) is 2.15. The summed E-state index contributed by atoms with van der Waals surface area (Å²) in [4.78, 5) is 8.40. The van der Waals surface area contributed by atoms with Gasteiger partial charge in [-0.05, 0) is 43.7 Å². The molecule has 0 bridgehead atoms. The van der Waals surface area contributed by atoms with E-state index in [-0.39, 0.29) is 12.6 Å². The number of aromatic nitrogens is 1. The number of rotatable bonds is 9. The molecule has 2 rings (SSSR count). The molecule has 0 aliphatic rings. The van der Waals surface area contributed by atoms with Crippen molar-refractivity contribution in [2.75, 3.05) is 26.7 Å². The van der Waals surface area contributed by atoms with Crippen molar-refractivity contribution in [3.05, 3.63) is 54.4 Å². The number of aliphatic hydroxyl groups is 1. The molecule has 0 radical (unpaired) electrons. The minimum absolute atomic E-state index is 0.0777. The van der Waals surface area contributed by atoms with Crippen molar-refractivity contribution in [3.8, 4) is 11.5 Å². The van der Waals surface area contributed by atoms with Gasteiger partial charge in [-0.3, -0.25) is 9.98 Å². The smallest absolute Gasteiger partial charge is 0.191 e. The molecule has 27 heavy (non-hydrogen) atoms. The third kappa shape index (κ3) is 7.15. The lowest BCUT2D eigenvalue weighted by Gasteiger charge is -2.18. The van der Waals surface area contributed by atoms with E-state index in [9.17, 15) is 5.11 Å². The van der Waals surface area contributed by atoms with E-state index in [0.29, 0.717) is 12.5 Å². The molecular weight excluding hydrogens is 344 g/mol. The van der Waals surface area contributed by atoms with Crippen LogP contribution in [0.3, 0.4) is 0 Å². The number of hydrogen-bond donors (Lipinski definition) is 3. The number of pyridine rings is 1. The zero-order valence-electron chi connectivity index (χ0n) is 16.1. The lowest BCUT2D eigenvalue weighted by molar-refractivity contribution is 0.187. The molecular formula is C20H28N4O3. The second kappa shape index (κ2) is 11.0. The molecule has 3 N–H and O–H groups in total. The second-order valence-corrected chi connectivity index (χ2v) is 6.00. The summed E-state index contributed by atoms with van der Waals surface area (Å²) in [6, 6.07) is 11.1. The maximum Gasteiger partial charge on any atom is 0.191 e. The van der Waals surface area contributed by atoms with Gasteiger partial charge in [0.15, 0.2) is 5.96 Å². The number of benzene rings is 1. The van der Waals surface area contributed by atoms with Crippen molar-refractivity contribution in [1.29, 1.82) is 0 Å². The van der Waals surface area contributed by atoms with Crippen molar-refractivity contribution < 1.29 is 14.6 Å². The average Bonchev–Trinajstić information content (AvgIpc) is 2.70. The SMILES string of the molecule is CCNC(=NCC(O)c1ccncc1)NCC(C)Oc1cccc(OC)c1. The summed E-state index contributed by atoms with van der Waals surface area (Å²) >= 11 is 0. The van der Waals surface area contributed by atoms with Crippen molar-refractivity contribution in [1.82, 2.24) is 15.6 Å². The van der Waals surface area contributed by atoms with Crippen LogP contribution in [-0.4, -0.2) is 48.9 Å². The van der Waals surface area contributed by atoms with Crippen LogP contribution in [0.25, 0.3) is 0 Å². The zero-order chi connectivity index (χ0) is 19.5. The molecule has 1 heterocycles. The molecule has 0 amide bonds. The molecule has 146 valence electrons. The number of aliphatic hydroxyl groups excluding tert-OH is 1. The Bertz CT molecular complexity index is 709. The van der Waals surface area contributed by atoms with Crippen LogP contribution in [0.4, 0.5) is 0 Å². The van der Waals surface area contributed by atoms with Crippen LogP contribution in [0, 0.1) is 0 Å². The highest BCUT2D eigenvalue weighted by molar-refractivity contribution is 5.79. The number of nitrogens with one attached hydrogen (secondary N) is 2. The summed E-state index contributed by atoms with van der Waals surface area (Å²) in [5, 5.41) is 16.6. The normalized spacial score (nSPS) is 13.6. The van der Waals surface area contributed by atoms with Crippen LogP contribution in [0.15, 0.2) is 53.8 Å². The molecule has 0 saturated carbocycles. The summed E-state index contributed by atoms with van der Waals surface area (Å²) in [5.41, 5.74) is 0.791. The fourth-order valence-corrected chi connectivity index (χ4v) is 2.40. The minimum Gasteiger partial charge on any atom is -0.497 e. The lowest BCUT2D eigenvalue weighted by Crippen LogP contribution is -2.42. The Labute approximate surface area is 160 Å². The highest BCUT2D eigenvalue weighted by atomic mass is 16.5. The van der Waals surface area contributed by atoms with E-state index in [4.69, 9.17) is 9.47 Å². The van der Waals surface area contributed by atoms with Gasteiger partial charge in [0.1, 0.15) is 17.6 Å². The van der Waals surface area contributed by atoms with Crippen molar-refractivity contribution >= 4 is 5.96 Å². The molecule has 0 aliphatic heterocycles. The first-order chi connectivity index (χ1) is 13.1. The summed E-state index contributed by atoms with van der Waals surface area (Å²) in [5.74, 6) is 2.14. The molecule has 2 aromatic rings. The molecule has 1 aromatic carbocycles. The molecule has 7 heteroatoms. The van der Waals surface area contributed by atoms with Crippen LogP contribution >= 0.6 is 0 Å². The quantitative estimate of drug-likeness (QED) is 0.462. The van der Waals surface area contributed by atoms with Crippen molar-refractivity contribution in [2.45, 2.75) is 26.1 Å². The van der Waals surface area contributed by atoms with Gasteiger partial charge in [0, 0.05) is 25.0 Å². The standard InChI is InChI=1S/C20H28N4O3/c1-4-22-20(24-14-19(25)16-8-10-21-11-9-16)23-13-15(2)27-18-7-5-6-17(12-18)26-3/h5-12,15,19,25H,4,13-14H2,1-3H3,(H2,22,23,24). The zero-order valence-corrected chi connectivity index (χ0v) is 16.1. The van der Waals surface area contributed by atoms with Gasteiger partial charge in [-0.15, -0.1) is 0 Å². The van der Waals surface area contributed by atoms with Gasteiger partial charge in [0.05, 0.1) is 26.3 Å². The number of methoxy groups -OCH3 is 1. The fourth-order valence-electron chi connectivity index (χ4n) is 2.40. The first-order valence-corrected chi connectivity index (χ1v) is 9.03. The Morgan fingerprint density at radius 1 is 1.19 bits per heavy atom. The van der Waals surface area contributed by atoms with E-state index in [1.165, 1.54) is 0 Å². The van der Waals surface area contributed by atoms with Gasteiger partial charge < -0.3 is 25.2 Å². The third-order valence-corrected chi connectivity index (χ3v) is 3.79. The molecule has 2 unspecified atom stereocenters. The summed E-state index contributed by atoms with van der Waals surface area (Å²) < 4.78 is 11.1. The molecule has 0 fully saturated rings. The number of ether oxygens (including phenoxy) is 2. The minimum atomic E-state index is -0.672. The van der Waals surface area contributed by atoms with Gasteiger partial charge in [0.25, 0.3) is 0 Å². The van der Waals surface area contributed by atoms with Gasteiger partial charge in [0.2, 0.25) is 0 Å². The summed E-state index contributed by atoms with van der Waals surface area (Å²) in [6.45, 7) is 5.51. The Hall–Kier alpha value is -2.80. The maximum atomic E-state index is 10.2. The lowest BCUT2D eigenvalue weighted by atomic mass is 10.1. The topological polar surface area (TPSA) is 88.0 Å². The van der Waals surface area contributed by atoms with Crippen LogP contribution in [0.2, 0.25) is 0 Å². The fraction of sp³-hybridized carbons (Fsp3) is 0.400. The first-order valence-electron chi connectivity index (χ1n) is 9.03. The molecule has 0 saturated heterocycles. The molecule has 0 spiro atoms. The Morgan fingerprint density at radius 2 is 1.93 bits per heavy atom. The van der Waals surface area contributed by atoms with E-state index >= 15 is 0 Å². The predicted molar refractivity (Wildman–Crippen MR) is 106 cm³/mol. The molecule has 1 aromatic heterocycles. The van der Waals surface area contributed by atoms with E-state index in [1.807, 2.05) is 38.1 Å². The monoisotopic (exact) mass is 372 g/mol. The Balaban J connectivity index is 1.87.